The number of ether oxygens (including phenoxy) is 1. The van der Waals surface area contributed by atoms with Crippen molar-refractivity contribution in [2.45, 2.75) is 11.1 Å². The van der Waals surface area contributed by atoms with Gasteiger partial charge in [-0.05, 0) is 0 Å². The van der Waals surface area contributed by atoms with Crippen LogP contribution in [0.5, 0.6) is 11.5 Å². The fourth-order valence-corrected chi connectivity index (χ4v) is 1.94. The van der Waals surface area contributed by atoms with Gasteiger partial charge in [-0.2, -0.15) is 30.7 Å². The number of halogens is 11. The predicted molar refractivity (Wildman–Crippen MR) is 64.9 cm³/mol. The van der Waals surface area contributed by atoms with Crippen molar-refractivity contribution in [1.29, 1.82) is 0 Å². The monoisotopic (exact) mass is 414 g/mol. The van der Waals surface area contributed by atoms with Gasteiger partial charge in [-0.25, -0.2) is 17.6 Å². The van der Waals surface area contributed by atoms with Crippen LogP contribution in [0.2, 0.25) is 0 Å². The van der Waals surface area contributed by atoms with Gasteiger partial charge in [-0.15, -0.1) is 12.6 Å². The maximum absolute atomic E-state index is 13.6. The molecule has 0 N–H and O–H groups in total. The Morgan fingerprint density at radius 1 is 0.538 bits per heavy atom. The molecule has 1 nitrogen and oxygen atoms in total. The van der Waals surface area contributed by atoms with Gasteiger partial charge in [0.05, 0.1) is 4.90 Å². The van der Waals surface area contributed by atoms with E-state index >= 15 is 0 Å². The number of thiol groups is 1. The first-order valence-electron chi connectivity index (χ1n) is 5.96. The van der Waals surface area contributed by atoms with Crippen LogP contribution in [0, 0.1) is 46.5 Å². The minimum Gasteiger partial charge on any atom is -0.444 e. The van der Waals surface area contributed by atoms with Crippen LogP contribution in [0.4, 0.5) is 48.3 Å². The SMILES string of the molecule is Fc1c(F)c(Oc2c(F)c(F)c(C(F)(F)F)c(F)c2F)c(F)c(F)c1S. The van der Waals surface area contributed by atoms with Crippen molar-refractivity contribution >= 4 is 12.6 Å². The van der Waals surface area contributed by atoms with E-state index in [1.54, 1.807) is 0 Å². The Labute approximate surface area is 141 Å². The molecule has 0 atom stereocenters. The molecule has 0 aliphatic rings. The lowest BCUT2D eigenvalue weighted by molar-refractivity contribution is -0.143. The van der Waals surface area contributed by atoms with Gasteiger partial charge in [0, 0.05) is 0 Å². The van der Waals surface area contributed by atoms with E-state index in [2.05, 4.69) is 17.4 Å². The summed E-state index contributed by atoms with van der Waals surface area (Å²) in [5.74, 6) is -25.5. The van der Waals surface area contributed by atoms with Crippen LogP contribution in [0.25, 0.3) is 0 Å². The fraction of sp³-hybridized carbons (Fsp3) is 0.0769. The molecule has 0 saturated carbocycles. The Morgan fingerprint density at radius 3 is 1.15 bits per heavy atom. The minimum atomic E-state index is -5.88. The Balaban J connectivity index is 2.75. The Bertz CT molecular complexity index is 848. The van der Waals surface area contributed by atoms with E-state index in [9.17, 15) is 48.3 Å². The first kappa shape index (κ1) is 20.1. The summed E-state index contributed by atoms with van der Waals surface area (Å²) in [7, 11) is 0. The average molecular weight is 414 g/mol. The summed E-state index contributed by atoms with van der Waals surface area (Å²) in [6.45, 7) is 0. The summed E-state index contributed by atoms with van der Waals surface area (Å²) in [4.78, 5) is -1.50. The molecular formula is C13HF11OS. The normalized spacial score (nSPS) is 11.8. The molecule has 0 amide bonds. The number of rotatable bonds is 2. The quantitative estimate of drug-likeness (QED) is 0.366. The Morgan fingerprint density at radius 2 is 0.846 bits per heavy atom. The molecule has 0 unspecified atom stereocenters. The lowest BCUT2D eigenvalue weighted by Crippen LogP contribution is -2.16. The van der Waals surface area contributed by atoms with E-state index in [1.807, 2.05) is 0 Å². The maximum atomic E-state index is 13.6. The van der Waals surface area contributed by atoms with Crippen LogP contribution in [0.3, 0.4) is 0 Å². The number of hydrogen-bond donors (Lipinski definition) is 1. The molecule has 13 heteroatoms. The van der Waals surface area contributed by atoms with E-state index in [4.69, 9.17) is 0 Å². The zero-order valence-electron chi connectivity index (χ0n) is 11.5. The molecule has 0 heterocycles. The molecular weight excluding hydrogens is 413 g/mol. The third-order valence-electron chi connectivity index (χ3n) is 2.91. The van der Waals surface area contributed by atoms with E-state index in [0.717, 1.165) is 0 Å². The van der Waals surface area contributed by atoms with Crippen LogP contribution < -0.4 is 4.74 Å². The molecule has 0 aliphatic heterocycles. The number of hydrogen-bond acceptors (Lipinski definition) is 2. The van der Waals surface area contributed by atoms with Gasteiger partial charge in [-0.1, -0.05) is 0 Å². The third-order valence-corrected chi connectivity index (χ3v) is 3.30. The largest absolute Gasteiger partial charge is 0.444 e. The van der Waals surface area contributed by atoms with Crippen molar-refractivity contribution in [3.8, 4) is 11.5 Å². The molecule has 26 heavy (non-hydrogen) atoms. The highest BCUT2D eigenvalue weighted by molar-refractivity contribution is 7.80. The summed E-state index contributed by atoms with van der Waals surface area (Å²) < 4.78 is 149. The molecule has 142 valence electrons. The molecule has 0 saturated heterocycles. The van der Waals surface area contributed by atoms with Gasteiger partial charge >= 0.3 is 6.18 Å². The van der Waals surface area contributed by atoms with Crippen LogP contribution in [-0.4, -0.2) is 0 Å². The molecule has 0 radical (unpaired) electrons. The highest BCUT2D eigenvalue weighted by Gasteiger charge is 2.43. The first-order chi connectivity index (χ1) is 11.8. The van der Waals surface area contributed by atoms with Gasteiger partial charge in [0.15, 0.2) is 23.3 Å². The van der Waals surface area contributed by atoms with Crippen molar-refractivity contribution < 1.29 is 53.0 Å². The van der Waals surface area contributed by atoms with Gasteiger partial charge in [-0.3, -0.25) is 0 Å². The van der Waals surface area contributed by atoms with Gasteiger partial charge in [0.1, 0.15) is 5.56 Å². The Hall–Kier alpha value is -2.18. The second-order valence-electron chi connectivity index (χ2n) is 4.49. The number of benzene rings is 2. The van der Waals surface area contributed by atoms with Crippen molar-refractivity contribution in [3.05, 3.63) is 52.1 Å². The third kappa shape index (κ3) is 3.04. The highest BCUT2D eigenvalue weighted by Crippen LogP contribution is 2.42. The van der Waals surface area contributed by atoms with Crippen molar-refractivity contribution in [1.82, 2.24) is 0 Å². The average Bonchev–Trinajstić information content (AvgIpc) is 2.55. The summed E-state index contributed by atoms with van der Waals surface area (Å²) in [5, 5.41) is 0. The first-order valence-corrected chi connectivity index (χ1v) is 6.41. The highest BCUT2D eigenvalue weighted by atomic mass is 32.1. The van der Waals surface area contributed by atoms with Crippen LogP contribution in [0.15, 0.2) is 4.90 Å². The smallest absolute Gasteiger partial charge is 0.422 e. The van der Waals surface area contributed by atoms with Crippen molar-refractivity contribution in [3.63, 3.8) is 0 Å². The van der Waals surface area contributed by atoms with E-state index in [0.29, 0.717) is 0 Å². The second-order valence-corrected chi connectivity index (χ2v) is 4.94. The summed E-state index contributed by atoms with van der Waals surface area (Å²) >= 11 is 3.06. The van der Waals surface area contributed by atoms with Gasteiger partial charge in [0.2, 0.25) is 34.8 Å². The zero-order valence-corrected chi connectivity index (χ0v) is 12.4. The van der Waals surface area contributed by atoms with Gasteiger partial charge < -0.3 is 4.74 Å². The topological polar surface area (TPSA) is 9.23 Å². The number of alkyl halides is 3. The lowest BCUT2D eigenvalue weighted by Gasteiger charge is -2.15. The van der Waals surface area contributed by atoms with E-state index < -0.39 is 74.7 Å². The molecule has 0 aliphatic carbocycles. The molecule has 0 fully saturated rings. The summed E-state index contributed by atoms with van der Waals surface area (Å²) in [6.07, 6.45) is -5.88. The second kappa shape index (κ2) is 6.52. The van der Waals surface area contributed by atoms with Crippen molar-refractivity contribution in [2.75, 3.05) is 0 Å². The predicted octanol–water partition coefficient (Wildman–Crippen LogP) is 5.90. The summed E-state index contributed by atoms with van der Waals surface area (Å²) in [5.41, 5.74) is -2.98. The molecule has 2 rings (SSSR count). The van der Waals surface area contributed by atoms with E-state index in [1.165, 1.54) is 0 Å². The molecule has 0 spiro atoms. The Kier molecular flexibility index (Phi) is 5.05. The van der Waals surface area contributed by atoms with Crippen LogP contribution >= 0.6 is 12.6 Å². The molecule has 0 bridgehead atoms. The van der Waals surface area contributed by atoms with Crippen LogP contribution in [0.1, 0.15) is 5.56 Å². The lowest BCUT2D eigenvalue weighted by atomic mass is 10.1. The standard InChI is InChI=1S/C13HF11OS/c14-2-1(13(22,23)24)3(15)5(17)10(4(2)16)25-11-6(18)8(20)12(26)9(21)7(11)19/h26H. The van der Waals surface area contributed by atoms with E-state index in [-0.39, 0.29) is 0 Å². The minimum absolute atomic E-state index is 1.50. The zero-order chi connectivity index (χ0) is 20.1. The fourth-order valence-electron chi connectivity index (χ4n) is 1.74. The maximum Gasteiger partial charge on any atom is 0.422 e. The van der Waals surface area contributed by atoms with Crippen LogP contribution in [-0.2, 0) is 6.18 Å². The van der Waals surface area contributed by atoms with Crippen molar-refractivity contribution in [2.24, 2.45) is 0 Å². The van der Waals surface area contributed by atoms with Gasteiger partial charge in [0.25, 0.3) is 0 Å². The molecule has 2 aromatic rings. The molecule has 2 aromatic carbocycles. The molecule has 0 aromatic heterocycles. The summed E-state index contributed by atoms with van der Waals surface area (Å²) in [6, 6.07) is 0.